The van der Waals surface area contributed by atoms with E-state index in [9.17, 15) is 19.7 Å². The lowest BCUT2D eigenvalue weighted by atomic mass is 9.90. The largest absolute Gasteiger partial charge is 0.339 e. The second-order valence-electron chi connectivity index (χ2n) is 9.57. The van der Waals surface area contributed by atoms with Gasteiger partial charge in [-0.3, -0.25) is 24.6 Å². The third-order valence-corrected chi connectivity index (χ3v) is 8.40. The van der Waals surface area contributed by atoms with E-state index in [4.69, 9.17) is 0 Å². The van der Waals surface area contributed by atoms with Crippen molar-refractivity contribution in [1.82, 2.24) is 14.7 Å². The standard InChI is InChI=1S/C28H30N4O4S/c1-20-4-2-3-5-23(20)27-24-12-19-37-25(24)10-13-30(27)14-11-26(33)29-15-17-31(18-16-29)28(34)21-6-8-22(9-7-21)32(35)36/h2-9,12,19,27H,10-11,13-18H2,1H3. The predicted octanol–water partition coefficient (Wildman–Crippen LogP) is 4.29. The number of benzene rings is 2. The first-order valence-corrected chi connectivity index (χ1v) is 13.5. The molecule has 1 atom stereocenters. The first-order chi connectivity index (χ1) is 17.9. The molecule has 192 valence electrons. The lowest BCUT2D eigenvalue weighted by Crippen LogP contribution is -2.51. The van der Waals surface area contributed by atoms with Crippen LogP contribution in [0.4, 0.5) is 5.69 Å². The van der Waals surface area contributed by atoms with Crippen LogP contribution in [0.5, 0.6) is 0 Å². The Bertz CT molecular complexity index is 1300. The number of nitro groups is 1. The predicted molar refractivity (Wildman–Crippen MR) is 143 cm³/mol. The van der Waals surface area contributed by atoms with Crippen molar-refractivity contribution in [3.05, 3.63) is 97.2 Å². The molecule has 0 saturated carbocycles. The molecular weight excluding hydrogens is 488 g/mol. The lowest BCUT2D eigenvalue weighted by molar-refractivity contribution is -0.384. The van der Waals surface area contributed by atoms with E-state index in [1.807, 2.05) is 16.2 Å². The van der Waals surface area contributed by atoms with Gasteiger partial charge in [-0.2, -0.15) is 0 Å². The smallest absolute Gasteiger partial charge is 0.269 e. The summed E-state index contributed by atoms with van der Waals surface area (Å²) in [5.41, 5.74) is 4.30. The van der Waals surface area contributed by atoms with Gasteiger partial charge in [-0.05, 0) is 53.6 Å². The number of carbonyl (C=O) groups is 2. The van der Waals surface area contributed by atoms with Crippen LogP contribution in [0.25, 0.3) is 0 Å². The number of hydrogen-bond donors (Lipinski definition) is 0. The Kier molecular flexibility index (Phi) is 7.34. The monoisotopic (exact) mass is 518 g/mol. The highest BCUT2D eigenvalue weighted by Crippen LogP contribution is 2.38. The van der Waals surface area contributed by atoms with Gasteiger partial charge in [-0.25, -0.2) is 0 Å². The Morgan fingerprint density at radius 3 is 2.35 bits per heavy atom. The highest BCUT2D eigenvalue weighted by atomic mass is 32.1. The van der Waals surface area contributed by atoms with Gasteiger partial charge in [0.2, 0.25) is 5.91 Å². The Morgan fingerprint density at radius 1 is 0.946 bits per heavy atom. The van der Waals surface area contributed by atoms with Gasteiger partial charge in [-0.15, -0.1) is 11.3 Å². The summed E-state index contributed by atoms with van der Waals surface area (Å²) in [5, 5.41) is 13.0. The first-order valence-electron chi connectivity index (χ1n) is 12.6. The second-order valence-corrected chi connectivity index (χ2v) is 10.6. The third kappa shape index (κ3) is 5.28. The molecule has 8 nitrogen and oxygen atoms in total. The van der Waals surface area contributed by atoms with E-state index in [1.165, 1.54) is 45.8 Å². The summed E-state index contributed by atoms with van der Waals surface area (Å²) in [7, 11) is 0. The number of carbonyl (C=O) groups excluding carboxylic acids is 2. The average molecular weight is 519 g/mol. The molecular formula is C28H30N4O4S. The van der Waals surface area contributed by atoms with E-state index >= 15 is 0 Å². The molecule has 1 fully saturated rings. The average Bonchev–Trinajstić information content (AvgIpc) is 3.41. The van der Waals surface area contributed by atoms with Crippen LogP contribution < -0.4 is 0 Å². The van der Waals surface area contributed by atoms with Crippen LogP contribution in [-0.4, -0.2) is 70.7 Å². The number of nitro benzene ring substituents is 1. The van der Waals surface area contributed by atoms with E-state index in [1.54, 1.807) is 4.90 Å². The van der Waals surface area contributed by atoms with Crippen LogP contribution >= 0.6 is 11.3 Å². The molecule has 2 aliphatic rings. The summed E-state index contributed by atoms with van der Waals surface area (Å²) in [5.74, 6) is -0.0509. The van der Waals surface area contributed by atoms with Crippen molar-refractivity contribution in [1.29, 1.82) is 0 Å². The van der Waals surface area contributed by atoms with Crippen LogP contribution in [0.15, 0.2) is 60.0 Å². The normalized spacial score (nSPS) is 17.9. The van der Waals surface area contributed by atoms with E-state index in [2.05, 4.69) is 47.5 Å². The number of amides is 2. The minimum absolute atomic E-state index is 0.0412. The second kappa shape index (κ2) is 10.8. The van der Waals surface area contributed by atoms with Gasteiger partial charge < -0.3 is 9.80 Å². The number of rotatable bonds is 6. The molecule has 1 unspecified atom stereocenters. The Labute approximate surface area is 220 Å². The van der Waals surface area contributed by atoms with Gasteiger partial charge in [0, 0.05) is 68.3 Å². The first kappa shape index (κ1) is 25.1. The van der Waals surface area contributed by atoms with E-state index < -0.39 is 4.92 Å². The van der Waals surface area contributed by atoms with Crippen LogP contribution in [-0.2, 0) is 11.2 Å². The zero-order valence-electron chi connectivity index (χ0n) is 20.8. The molecule has 37 heavy (non-hydrogen) atoms. The molecule has 0 N–H and O–H groups in total. The number of nitrogens with zero attached hydrogens (tertiary/aromatic N) is 4. The van der Waals surface area contributed by atoms with Crippen molar-refractivity contribution < 1.29 is 14.5 Å². The maximum Gasteiger partial charge on any atom is 0.269 e. The van der Waals surface area contributed by atoms with E-state index in [0.29, 0.717) is 44.7 Å². The fourth-order valence-electron chi connectivity index (χ4n) is 5.33. The Balaban J connectivity index is 1.18. The quantitative estimate of drug-likeness (QED) is 0.359. The molecule has 1 saturated heterocycles. The summed E-state index contributed by atoms with van der Waals surface area (Å²) in [6, 6.07) is 16.6. The van der Waals surface area contributed by atoms with Crippen molar-refractivity contribution in [3.8, 4) is 0 Å². The van der Waals surface area contributed by atoms with Crippen LogP contribution in [0.1, 0.15) is 44.4 Å². The number of hydrogen-bond acceptors (Lipinski definition) is 6. The zero-order valence-corrected chi connectivity index (χ0v) is 21.7. The molecule has 0 aliphatic carbocycles. The minimum atomic E-state index is -0.481. The molecule has 3 aromatic rings. The lowest BCUT2D eigenvalue weighted by Gasteiger charge is -2.38. The molecule has 2 aromatic carbocycles. The highest BCUT2D eigenvalue weighted by Gasteiger charge is 2.31. The highest BCUT2D eigenvalue weighted by molar-refractivity contribution is 7.10. The van der Waals surface area contributed by atoms with Crippen LogP contribution in [0.2, 0.25) is 0 Å². The number of aryl methyl sites for hydroxylation is 1. The van der Waals surface area contributed by atoms with Gasteiger partial charge in [0.25, 0.3) is 11.6 Å². The van der Waals surface area contributed by atoms with Crippen molar-refractivity contribution >= 4 is 28.8 Å². The van der Waals surface area contributed by atoms with Gasteiger partial charge in [0.1, 0.15) is 0 Å². The topological polar surface area (TPSA) is 87.0 Å². The van der Waals surface area contributed by atoms with Crippen molar-refractivity contribution in [3.63, 3.8) is 0 Å². The Hall–Kier alpha value is -3.56. The maximum absolute atomic E-state index is 13.1. The van der Waals surface area contributed by atoms with Gasteiger partial charge in [0.15, 0.2) is 0 Å². The van der Waals surface area contributed by atoms with Crippen molar-refractivity contribution in [2.45, 2.75) is 25.8 Å². The molecule has 0 spiro atoms. The number of fused-ring (bicyclic) bond motifs is 1. The van der Waals surface area contributed by atoms with Crippen molar-refractivity contribution in [2.75, 3.05) is 39.3 Å². The SMILES string of the molecule is Cc1ccccc1C1c2ccsc2CCN1CCC(=O)N1CCN(C(=O)c2ccc([N+](=O)[O-])cc2)CC1. The summed E-state index contributed by atoms with van der Waals surface area (Å²) in [6.07, 6.45) is 1.45. The molecule has 5 rings (SSSR count). The van der Waals surface area contributed by atoms with E-state index in [-0.39, 0.29) is 23.5 Å². The Morgan fingerprint density at radius 2 is 1.65 bits per heavy atom. The van der Waals surface area contributed by atoms with Crippen molar-refractivity contribution in [2.24, 2.45) is 0 Å². The fraction of sp³-hybridized carbons (Fsp3) is 0.357. The fourth-order valence-corrected chi connectivity index (χ4v) is 6.24. The van der Waals surface area contributed by atoms with Gasteiger partial charge in [-0.1, -0.05) is 24.3 Å². The van der Waals surface area contributed by atoms with Crippen LogP contribution in [0, 0.1) is 17.0 Å². The van der Waals surface area contributed by atoms with Gasteiger partial charge >= 0.3 is 0 Å². The van der Waals surface area contributed by atoms with E-state index in [0.717, 1.165) is 13.0 Å². The molecule has 1 aromatic heterocycles. The number of piperazine rings is 1. The minimum Gasteiger partial charge on any atom is -0.339 e. The maximum atomic E-state index is 13.1. The third-order valence-electron chi connectivity index (χ3n) is 7.41. The molecule has 0 radical (unpaired) electrons. The molecule has 3 heterocycles. The summed E-state index contributed by atoms with van der Waals surface area (Å²) in [6.45, 7) is 5.66. The zero-order chi connectivity index (χ0) is 25.9. The van der Waals surface area contributed by atoms with Gasteiger partial charge in [0.05, 0.1) is 11.0 Å². The summed E-state index contributed by atoms with van der Waals surface area (Å²) in [4.78, 5) is 43.7. The summed E-state index contributed by atoms with van der Waals surface area (Å²) < 4.78 is 0. The summed E-state index contributed by atoms with van der Waals surface area (Å²) >= 11 is 1.82. The molecule has 9 heteroatoms. The number of non-ortho nitro benzene ring substituents is 1. The number of thiophene rings is 1. The molecule has 0 bridgehead atoms. The molecule has 2 aliphatic heterocycles. The molecule has 2 amide bonds. The van der Waals surface area contributed by atoms with Crippen LogP contribution in [0.3, 0.4) is 0 Å².